The van der Waals surface area contributed by atoms with Crippen molar-refractivity contribution in [3.05, 3.63) is 101 Å². The average Bonchev–Trinajstić information content (AvgIpc) is 3.20. The number of aromatic nitrogens is 1. The summed E-state index contributed by atoms with van der Waals surface area (Å²) < 4.78 is 5.65. The van der Waals surface area contributed by atoms with Crippen LogP contribution in [0.3, 0.4) is 0 Å². The molecule has 33 heavy (non-hydrogen) atoms. The van der Waals surface area contributed by atoms with Crippen molar-refractivity contribution in [2.24, 2.45) is 0 Å². The van der Waals surface area contributed by atoms with Gasteiger partial charge in [-0.05, 0) is 48.4 Å². The third-order valence-corrected chi connectivity index (χ3v) is 5.86. The molecule has 1 atom stereocenters. The molecule has 3 aromatic carbocycles. The first kappa shape index (κ1) is 22.5. The summed E-state index contributed by atoms with van der Waals surface area (Å²) in [6.45, 7) is 1.95. The molecule has 1 heterocycles. The highest BCUT2D eigenvalue weighted by Crippen LogP contribution is 2.31. The first-order valence-electron chi connectivity index (χ1n) is 11.1. The number of hydrogen-bond donors (Lipinski definition) is 2. The zero-order valence-corrected chi connectivity index (χ0v) is 18.6. The van der Waals surface area contributed by atoms with E-state index in [2.05, 4.69) is 5.16 Å². The first-order chi connectivity index (χ1) is 16.0. The maximum absolute atomic E-state index is 10.9. The minimum Gasteiger partial charge on any atom is -0.481 e. The van der Waals surface area contributed by atoms with Crippen LogP contribution in [0, 0.1) is 6.92 Å². The normalized spacial score (nSPS) is 11.9. The zero-order valence-electron chi connectivity index (χ0n) is 18.6. The predicted molar refractivity (Wildman–Crippen MR) is 128 cm³/mol. The zero-order chi connectivity index (χ0) is 23.2. The molecule has 168 valence electrons. The molecule has 0 spiro atoms. The molecule has 0 aliphatic rings. The standard InChI is InChI=1S/C28H27NO4/c1-19-25(8-5-9-26(30)23-6-3-2-4-7-23)28(33-29-19)24-16-14-22(15-17-24)21-12-10-20(11-13-21)18-27(31)32/h2-4,6-7,10-17,26,30H,5,8-9,18H2,1H3,(H,31,32). The van der Waals surface area contributed by atoms with Crippen LogP contribution >= 0.6 is 0 Å². The van der Waals surface area contributed by atoms with Gasteiger partial charge in [-0.25, -0.2) is 0 Å². The molecule has 0 bridgehead atoms. The Balaban J connectivity index is 1.44. The third kappa shape index (κ3) is 5.57. The lowest BCUT2D eigenvalue weighted by atomic mass is 9.97. The Bertz CT molecular complexity index is 1200. The van der Waals surface area contributed by atoms with Crippen LogP contribution in [0.2, 0.25) is 0 Å². The summed E-state index contributed by atoms with van der Waals surface area (Å²) in [6.07, 6.45) is 1.82. The van der Waals surface area contributed by atoms with E-state index >= 15 is 0 Å². The number of carboxylic acid groups (broad SMARTS) is 1. The van der Waals surface area contributed by atoms with Gasteiger partial charge in [0.05, 0.1) is 18.2 Å². The largest absolute Gasteiger partial charge is 0.481 e. The van der Waals surface area contributed by atoms with E-state index in [0.717, 1.165) is 57.7 Å². The topological polar surface area (TPSA) is 83.6 Å². The number of benzene rings is 3. The van der Waals surface area contributed by atoms with E-state index in [1.54, 1.807) is 0 Å². The monoisotopic (exact) mass is 441 g/mol. The summed E-state index contributed by atoms with van der Waals surface area (Å²) in [5, 5.41) is 23.5. The highest BCUT2D eigenvalue weighted by Gasteiger charge is 2.16. The molecule has 0 radical (unpaired) electrons. The van der Waals surface area contributed by atoms with Crippen LogP contribution in [0.1, 0.15) is 41.3 Å². The molecule has 1 aromatic heterocycles. The fourth-order valence-corrected chi connectivity index (χ4v) is 4.03. The van der Waals surface area contributed by atoms with Crippen LogP contribution in [0.15, 0.2) is 83.4 Å². The van der Waals surface area contributed by atoms with Gasteiger partial charge in [-0.1, -0.05) is 84.0 Å². The second kappa shape index (κ2) is 10.3. The first-order valence-corrected chi connectivity index (χ1v) is 11.1. The Labute approximate surface area is 193 Å². The molecule has 0 aliphatic heterocycles. The second-order valence-electron chi connectivity index (χ2n) is 8.24. The molecule has 0 saturated heterocycles. The van der Waals surface area contributed by atoms with Crippen molar-refractivity contribution in [3.63, 3.8) is 0 Å². The van der Waals surface area contributed by atoms with Gasteiger partial charge in [0, 0.05) is 11.1 Å². The Morgan fingerprint density at radius 2 is 1.52 bits per heavy atom. The van der Waals surface area contributed by atoms with Crippen molar-refractivity contribution in [1.29, 1.82) is 0 Å². The quantitative estimate of drug-likeness (QED) is 0.333. The van der Waals surface area contributed by atoms with E-state index in [4.69, 9.17) is 9.63 Å². The van der Waals surface area contributed by atoms with Crippen molar-refractivity contribution < 1.29 is 19.5 Å². The average molecular weight is 442 g/mol. The Morgan fingerprint density at radius 3 is 2.15 bits per heavy atom. The molecule has 4 aromatic rings. The lowest BCUT2D eigenvalue weighted by Crippen LogP contribution is -1.99. The number of aliphatic carboxylic acids is 1. The van der Waals surface area contributed by atoms with Gasteiger partial charge in [-0.15, -0.1) is 0 Å². The fraction of sp³-hybridized carbons (Fsp3) is 0.214. The van der Waals surface area contributed by atoms with E-state index in [1.165, 1.54) is 0 Å². The van der Waals surface area contributed by atoms with Gasteiger partial charge in [0.25, 0.3) is 0 Å². The number of aliphatic hydroxyl groups is 1. The van der Waals surface area contributed by atoms with Gasteiger partial charge in [0.2, 0.25) is 0 Å². The number of rotatable bonds is 9. The number of carboxylic acids is 1. The van der Waals surface area contributed by atoms with Gasteiger partial charge >= 0.3 is 5.97 Å². The summed E-state index contributed by atoms with van der Waals surface area (Å²) >= 11 is 0. The smallest absolute Gasteiger partial charge is 0.307 e. The number of hydrogen-bond acceptors (Lipinski definition) is 4. The molecule has 0 fully saturated rings. The van der Waals surface area contributed by atoms with Crippen molar-refractivity contribution >= 4 is 5.97 Å². The molecule has 0 aliphatic carbocycles. The van der Waals surface area contributed by atoms with Gasteiger partial charge in [0.15, 0.2) is 5.76 Å². The Morgan fingerprint density at radius 1 is 0.909 bits per heavy atom. The molecule has 5 heteroatoms. The van der Waals surface area contributed by atoms with Crippen molar-refractivity contribution in [1.82, 2.24) is 5.16 Å². The van der Waals surface area contributed by atoms with Gasteiger partial charge in [-0.3, -0.25) is 4.79 Å². The second-order valence-corrected chi connectivity index (χ2v) is 8.24. The maximum atomic E-state index is 10.9. The SMILES string of the molecule is Cc1noc(-c2ccc(-c3ccc(CC(=O)O)cc3)cc2)c1CCCC(O)c1ccccc1. The lowest BCUT2D eigenvalue weighted by molar-refractivity contribution is -0.136. The third-order valence-electron chi connectivity index (χ3n) is 5.86. The highest BCUT2D eigenvalue weighted by atomic mass is 16.5. The number of aryl methyl sites for hydroxylation is 1. The Kier molecular flexibility index (Phi) is 7.01. The number of aliphatic hydroxyl groups excluding tert-OH is 1. The van der Waals surface area contributed by atoms with E-state index in [1.807, 2.05) is 85.8 Å². The highest BCUT2D eigenvalue weighted by molar-refractivity contribution is 5.72. The number of carbonyl (C=O) groups is 1. The minimum absolute atomic E-state index is 0.0230. The summed E-state index contributed by atoms with van der Waals surface area (Å²) in [5.74, 6) is -0.0649. The molecule has 5 nitrogen and oxygen atoms in total. The molecular formula is C28H27NO4. The van der Waals surface area contributed by atoms with Crippen LogP contribution < -0.4 is 0 Å². The van der Waals surface area contributed by atoms with Crippen molar-refractivity contribution in [3.8, 4) is 22.5 Å². The van der Waals surface area contributed by atoms with Crippen LogP contribution in [-0.2, 0) is 17.6 Å². The van der Waals surface area contributed by atoms with E-state index in [9.17, 15) is 9.90 Å². The van der Waals surface area contributed by atoms with Crippen molar-refractivity contribution in [2.45, 2.75) is 38.7 Å². The lowest BCUT2D eigenvalue weighted by Gasteiger charge is -2.11. The molecule has 0 amide bonds. The molecule has 4 rings (SSSR count). The van der Waals surface area contributed by atoms with E-state index < -0.39 is 12.1 Å². The van der Waals surface area contributed by atoms with Crippen LogP contribution in [0.25, 0.3) is 22.5 Å². The van der Waals surface area contributed by atoms with Crippen LogP contribution in [0.4, 0.5) is 0 Å². The van der Waals surface area contributed by atoms with E-state index in [0.29, 0.717) is 6.42 Å². The minimum atomic E-state index is -0.833. The van der Waals surface area contributed by atoms with Gasteiger partial charge in [0.1, 0.15) is 0 Å². The Hall–Kier alpha value is -3.70. The van der Waals surface area contributed by atoms with Gasteiger partial charge < -0.3 is 14.7 Å². The molecule has 0 saturated carbocycles. The summed E-state index contributed by atoms with van der Waals surface area (Å²) in [5.41, 5.74) is 6.69. The van der Waals surface area contributed by atoms with Crippen LogP contribution in [-0.4, -0.2) is 21.3 Å². The van der Waals surface area contributed by atoms with Crippen molar-refractivity contribution in [2.75, 3.05) is 0 Å². The summed E-state index contributed by atoms with van der Waals surface area (Å²) in [4.78, 5) is 10.9. The molecular weight excluding hydrogens is 414 g/mol. The van der Waals surface area contributed by atoms with E-state index in [-0.39, 0.29) is 6.42 Å². The summed E-state index contributed by atoms with van der Waals surface area (Å²) in [7, 11) is 0. The number of nitrogens with zero attached hydrogens (tertiary/aromatic N) is 1. The maximum Gasteiger partial charge on any atom is 0.307 e. The van der Waals surface area contributed by atoms with Gasteiger partial charge in [-0.2, -0.15) is 0 Å². The predicted octanol–water partition coefficient (Wildman–Crippen LogP) is 6.00. The molecule has 2 N–H and O–H groups in total. The fourth-order valence-electron chi connectivity index (χ4n) is 4.03. The molecule has 1 unspecified atom stereocenters. The summed E-state index contributed by atoms with van der Waals surface area (Å²) in [6, 6.07) is 25.4. The van der Waals surface area contributed by atoms with Crippen LogP contribution in [0.5, 0.6) is 0 Å².